The second-order valence-corrected chi connectivity index (χ2v) is 8.54. The molecule has 0 bridgehead atoms. The molecule has 0 radical (unpaired) electrons. The molecule has 2 heterocycles. The summed E-state index contributed by atoms with van der Waals surface area (Å²) in [5.74, 6) is 0.938. The Bertz CT molecular complexity index is 756. The monoisotopic (exact) mass is 394 g/mol. The predicted molar refractivity (Wildman–Crippen MR) is 109 cm³/mol. The van der Waals surface area contributed by atoms with Crippen molar-refractivity contribution in [3.63, 3.8) is 0 Å². The van der Waals surface area contributed by atoms with Gasteiger partial charge < -0.3 is 10.2 Å². The summed E-state index contributed by atoms with van der Waals surface area (Å²) in [6.45, 7) is 8.20. The van der Waals surface area contributed by atoms with E-state index in [1.54, 1.807) is 23.1 Å². The lowest BCUT2D eigenvalue weighted by molar-refractivity contribution is 0.0956. The zero-order valence-electron chi connectivity index (χ0n) is 14.6. The Morgan fingerprint density at radius 2 is 2.08 bits per heavy atom. The first-order valence-electron chi connectivity index (χ1n) is 8.68. The Balaban J connectivity index is 1.63. The number of nitrogens with one attached hydrogen (secondary N) is 1. The third-order valence-corrected chi connectivity index (χ3v) is 6.98. The van der Waals surface area contributed by atoms with Crippen molar-refractivity contribution in [2.45, 2.75) is 30.9 Å². The Morgan fingerprint density at radius 1 is 1.28 bits per heavy atom. The number of thioether (sulfide) groups is 1. The minimum atomic E-state index is 0.0412. The molecule has 0 saturated heterocycles. The molecule has 2 aromatic rings. The number of halogens is 1. The lowest BCUT2D eigenvalue weighted by Crippen LogP contribution is -2.29. The van der Waals surface area contributed by atoms with Gasteiger partial charge in [0, 0.05) is 32.7 Å². The molecule has 134 valence electrons. The number of hydrogen-bond donors (Lipinski definition) is 1. The van der Waals surface area contributed by atoms with Crippen molar-refractivity contribution >= 4 is 40.6 Å². The molecule has 0 fully saturated rings. The summed E-state index contributed by atoms with van der Waals surface area (Å²) >= 11 is 9.47. The SMILES string of the molecule is CCN(CC)CCCNC(=O)c1cc2c(s1)-c1ccc(Cl)cc1SC2. The summed E-state index contributed by atoms with van der Waals surface area (Å²) < 4.78 is 0. The van der Waals surface area contributed by atoms with Crippen LogP contribution in [0.3, 0.4) is 0 Å². The molecule has 1 aliphatic rings. The molecule has 0 spiro atoms. The summed E-state index contributed by atoms with van der Waals surface area (Å²) in [5.41, 5.74) is 2.44. The van der Waals surface area contributed by atoms with Gasteiger partial charge in [0.05, 0.1) is 4.88 Å². The molecule has 0 aliphatic carbocycles. The van der Waals surface area contributed by atoms with Crippen molar-refractivity contribution < 1.29 is 4.79 Å². The van der Waals surface area contributed by atoms with E-state index in [0.29, 0.717) is 0 Å². The van der Waals surface area contributed by atoms with Gasteiger partial charge in [-0.05, 0) is 49.8 Å². The Morgan fingerprint density at radius 3 is 2.84 bits per heavy atom. The van der Waals surface area contributed by atoms with Gasteiger partial charge in [0.1, 0.15) is 0 Å². The number of amides is 1. The Hall–Kier alpha value is -1.01. The number of carbonyl (C=O) groups excluding carboxylic acids is 1. The minimum Gasteiger partial charge on any atom is -0.351 e. The van der Waals surface area contributed by atoms with E-state index in [-0.39, 0.29) is 5.91 Å². The van der Waals surface area contributed by atoms with Gasteiger partial charge in [0.2, 0.25) is 0 Å². The topological polar surface area (TPSA) is 32.3 Å². The van der Waals surface area contributed by atoms with Crippen LogP contribution in [0.2, 0.25) is 5.02 Å². The summed E-state index contributed by atoms with van der Waals surface area (Å²) in [7, 11) is 0. The average molecular weight is 395 g/mol. The minimum absolute atomic E-state index is 0.0412. The third kappa shape index (κ3) is 4.40. The van der Waals surface area contributed by atoms with E-state index in [2.05, 4.69) is 30.1 Å². The first kappa shape index (κ1) is 18.8. The second-order valence-electron chi connectivity index (χ2n) is 6.03. The van der Waals surface area contributed by atoms with Crippen molar-refractivity contribution in [2.24, 2.45) is 0 Å². The lowest BCUT2D eigenvalue weighted by Gasteiger charge is -2.17. The van der Waals surface area contributed by atoms with Crippen LogP contribution in [-0.2, 0) is 5.75 Å². The standard InChI is InChI=1S/C19H23ClN2OS2/c1-3-22(4-2)9-5-8-21-19(23)17-10-13-12-24-16-11-14(20)6-7-15(16)18(13)25-17/h6-7,10-11H,3-5,8-9,12H2,1-2H3,(H,21,23). The van der Waals surface area contributed by atoms with E-state index in [1.165, 1.54) is 20.9 Å². The van der Waals surface area contributed by atoms with Gasteiger partial charge in [0.15, 0.2) is 0 Å². The number of nitrogens with zero attached hydrogens (tertiary/aromatic N) is 1. The summed E-state index contributed by atoms with van der Waals surface area (Å²) in [6, 6.07) is 8.04. The van der Waals surface area contributed by atoms with Crippen LogP contribution in [0.4, 0.5) is 0 Å². The summed E-state index contributed by atoms with van der Waals surface area (Å²) in [4.78, 5) is 18.1. The fraction of sp³-hybridized carbons (Fsp3) is 0.421. The van der Waals surface area contributed by atoms with Crippen LogP contribution in [0.5, 0.6) is 0 Å². The first-order chi connectivity index (χ1) is 12.1. The molecule has 6 heteroatoms. The van der Waals surface area contributed by atoms with Crippen molar-refractivity contribution in [1.29, 1.82) is 0 Å². The second kappa shape index (κ2) is 8.58. The van der Waals surface area contributed by atoms with Crippen molar-refractivity contribution in [3.8, 4) is 10.4 Å². The Kier molecular flexibility index (Phi) is 6.44. The molecule has 3 nitrogen and oxygen atoms in total. The van der Waals surface area contributed by atoms with Crippen LogP contribution in [0.25, 0.3) is 10.4 Å². The Labute approximate surface area is 162 Å². The molecule has 0 saturated carbocycles. The van der Waals surface area contributed by atoms with E-state index >= 15 is 0 Å². The van der Waals surface area contributed by atoms with Crippen LogP contribution in [0.1, 0.15) is 35.5 Å². The molecule has 1 aliphatic heterocycles. The normalized spacial score (nSPS) is 12.8. The highest BCUT2D eigenvalue weighted by molar-refractivity contribution is 7.98. The van der Waals surface area contributed by atoms with E-state index in [9.17, 15) is 4.79 Å². The highest BCUT2D eigenvalue weighted by Gasteiger charge is 2.22. The van der Waals surface area contributed by atoms with Gasteiger partial charge in [-0.15, -0.1) is 23.1 Å². The molecular weight excluding hydrogens is 372 g/mol. The van der Waals surface area contributed by atoms with Gasteiger partial charge in [-0.3, -0.25) is 4.79 Å². The van der Waals surface area contributed by atoms with E-state index in [1.807, 2.05) is 18.2 Å². The van der Waals surface area contributed by atoms with Gasteiger partial charge >= 0.3 is 0 Å². The van der Waals surface area contributed by atoms with E-state index in [4.69, 9.17) is 11.6 Å². The van der Waals surface area contributed by atoms with Crippen LogP contribution in [0, 0.1) is 0 Å². The molecule has 1 N–H and O–H groups in total. The number of thiophene rings is 1. The van der Waals surface area contributed by atoms with Crippen LogP contribution >= 0.6 is 34.7 Å². The van der Waals surface area contributed by atoms with Crippen LogP contribution in [-0.4, -0.2) is 37.0 Å². The number of hydrogen-bond acceptors (Lipinski definition) is 4. The van der Waals surface area contributed by atoms with Gasteiger partial charge in [-0.2, -0.15) is 0 Å². The maximum absolute atomic E-state index is 12.5. The number of fused-ring (bicyclic) bond motifs is 3. The molecule has 3 rings (SSSR count). The molecule has 0 atom stereocenters. The van der Waals surface area contributed by atoms with Crippen molar-refractivity contribution in [1.82, 2.24) is 10.2 Å². The zero-order valence-corrected chi connectivity index (χ0v) is 17.0. The maximum Gasteiger partial charge on any atom is 0.261 e. The van der Waals surface area contributed by atoms with Gasteiger partial charge in [-0.25, -0.2) is 0 Å². The largest absolute Gasteiger partial charge is 0.351 e. The third-order valence-electron chi connectivity index (χ3n) is 4.44. The fourth-order valence-corrected chi connectivity index (χ4v) is 5.57. The highest BCUT2D eigenvalue weighted by atomic mass is 35.5. The average Bonchev–Trinajstić information content (AvgIpc) is 3.06. The maximum atomic E-state index is 12.5. The molecule has 0 unspecified atom stereocenters. The number of rotatable bonds is 7. The molecular formula is C19H23ClN2OS2. The molecule has 25 heavy (non-hydrogen) atoms. The van der Waals surface area contributed by atoms with Gasteiger partial charge in [0.25, 0.3) is 5.91 Å². The summed E-state index contributed by atoms with van der Waals surface area (Å²) in [5, 5.41) is 3.82. The molecule has 1 aromatic carbocycles. The molecule has 1 aromatic heterocycles. The predicted octanol–water partition coefficient (Wildman–Crippen LogP) is 5.14. The highest BCUT2D eigenvalue weighted by Crippen LogP contribution is 2.46. The van der Waals surface area contributed by atoms with Crippen molar-refractivity contribution in [2.75, 3.05) is 26.2 Å². The number of carbonyl (C=O) groups is 1. The smallest absolute Gasteiger partial charge is 0.261 e. The van der Waals surface area contributed by atoms with Crippen molar-refractivity contribution in [3.05, 3.63) is 39.7 Å². The van der Waals surface area contributed by atoms with Gasteiger partial charge in [-0.1, -0.05) is 31.5 Å². The number of benzene rings is 1. The van der Waals surface area contributed by atoms with Crippen LogP contribution < -0.4 is 5.32 Å². The fourth-order valence-electron chi connectivity index (χ4n) is 2.97. The zero-order chi connectivity index (χ0) is 17.8. The summed E-state index contributed by atoms with van der Waals surface area (Å²) in [6.07, 6.45) is 0.982. The molecule has 1 amide bonds. The lowest BCUT2D eigenvalue weighted by atomic mass is 10.1. The first-order valence-corrected chi connectivity index (χ1v) is 10.9. The van der Waals surface area contributed by atoms with Crippen LogP contribution in [0.15, 0.2) is 29.2 Å². The van der Waals surface area contributed by atoms with E-state index < -0.39 is 0 Å². The van der Waals surface area contributed by atoms with E-state index in [0.717, 1.165) is 48.3 Å². The quantitative estimate of drug-likeness (QED) is 0.660.